The summed E-state index contributed by atoms with van der Waals surface area (Å²) in [5.74, 6) is 0. The van der Waals surface area contributed by atoms with Crippen molar-refractivity contribution in [3.63, 3.8) is 0 Å². The average Bonchev–Trinajstić information content (AvgIpc) is 2.20. The minimum Gasteiger partial charge on any atom is -0.303 e. The van der Waals surface area contributed by atoms with E-state index in [0.717, 1.165) is 23.8 Å². The third kappa shape index (κ3) is 3.16. The molecule has 0 aliphatic carbocycles. The molecule has 0 heterocycles. The molecule has 4 heteroatoms. The lowest BCUT2D eigenvalue weighted by atomic mass is 10.0. The molecule has 1 rings (SSSR count). The summed E-state index contributed by atoms with van der Waals surface area (Å²) >= 11 is 0. The first-order chi connectivity index (χ1) is 7.15. The highest BCUT2D eigenvalue weighted by Crippen LogP contribution is 2.18. The van der Waals surface area contributed by atoms with E-state index in [1.807, 2.05) is 6.92 Å². The van der Waals surface area contributed by atoms with E-state index in [-0.39, 0.29) is 5.69 Å². The monoisotopic (exact) mass is 207 g/mol. The van der Waals surface area contributed by atoms with Gasteiger partial charge in [-0.25, -0.2) is 0 Å². The lowest BCUT2D eigenvalue weighted by Gasteiger charge is -2.03. The molecule has 0 bridgehead atoms. The Labute approximate surface area is 88.1 Å². The molecule has 0 aliphatic rings. The van der Waals surface area contributed by atoms with Gasteiger partial charge in [-0.2, -0.15) is 0 Å². The first-order valence-electron chi connectivity index (χ1n) is 4.82. The van der Waals surface area contributed by atoms with Crippen molar-refractivity contribution in [3.8, 4) is 0 Å². The Morgan fingerprint density at radius 2 is 2.20 bits per heavy atom. The van der Waals surface area contributed by atoms with Crippen LogP contribution >= 0.6 is 0 Å². The Balaban J connectivity index is 2.80. The van der Waals surface area contributed by atoms with E-state index in [0.29, 0.717) is 12.8 Å². The maximum absolute atomic E-state index is 10.5. The van der Waals surface area contributed by atoms with Crippen LogP contribution in [0.3, 0.4) is 0 Å². The Morgan fingerprint density at radius 3 is 2.80 bits per heavy atom. The molecule has 1 aromatic carbocycles. The van der Waals surface area contributed by atoms with E-state index in [1.54, 1.807) is 12.1 Å². The highest BCUT2D eigenvalue weighted by molar-refractivity contribution is 5.49. The van der Waals surface area contributed by atoms with Crippen LogP contribution in [0.2, 0.25) is 0 Å². The number of hydrogen-bond donors (Lipinski definition) is 0. The van der Waals surface area contributed by atoms with Crippen LogP contribution in [-0.4, -0.2) is 11.2 Å². The summed E-state index contributed by atoms with van der Waals surface area (Å²) in [4.78, 5) is 20.3. The predicted octanol–water partition coefficient (Wildman–Crippen LogP) is 2.42. The fourth-order valence-electron chi connectivity index (χ4n) is 1.42. The quantitative estimate of drug-likeness (QED) is 0.322. The zero-order valence-electron chi connectivity index (χ0n) is 8.60. The molecule has 0 unspecified atom stereocenters. The molecule has 0 aromatic heterocycles. The topological polar surface area (TPSA) is 60.2 Å². The number of non-ortho nitro benzene ring substituents is 1. The Hall–Kier alpha value is -1.71. The molecule has 1 aromatic rings. The maximum atomic E-state index is 10.5. The summed E-state index contributed by atoms with van der Waals surface area (Å²) in [6, 6.07) is 4.83. The maximum Gasteiger partial charge on any atom is 0.269 e. The van der Waals surface area contributed by atoms with E-state index in [2.05, 4.69) is 0 Å². The number of nitrogens with zero attached hydrogens (tertiary/aromatic N) is 1. The summed E-state index contributed by atoms with van der Waals surface area (Å²) in [6.07, 6.45) is 2.83. The van der Waals surface area contributed by atoms with E-state index >= 15 is 0 Å². The third-order valence-corrected chi connectivity index (χ3v) is 2.31. The minimum atomic E-state index is -0.400. The molecule has 0 spiro atoms. The van der Waals surface area contributed by atoms with E-state index in [1.165, 1.54) is 6.07 Å². The van der Waals surface area contributed by atoms with Crippen molar-refractivity contribution in [2.24, 2.45) is 0 Å². The summed E-state index contributed by atoms with van der Waals surface area (Å²) < 4.78 is 0. The zero-order chi connectivity index (χ0) is 11.3. The average molecular weight is 207 g/mol. The summed E-state index contributed by atoms with van der Waals surface area (Å²) in [5, 5.41) is 10.5. The fourth-order valence-corrected chi connectivity index (χ4v) is 1.42. The number of benzene rings is 1. The van der Waals surface area contributed by atoms with Gasteiger partial charge in [-0.1, -0.05) is 6.07 Å². The first-order valence-corrected chi connectivity index (χ1v) is 4.82. The Morgan fingerprint density at radius 1 is 1.47 bits per heavy atom. The molecule has 0 N–H and O–H groups in total. The van der Waals surface area contributed by atoms with Crippen LogP contribution in [0, 0.1) is 17.0 Å². The number of aldehydes is 1. The van der Waals surface area contributed by atoms with Crippen molar-refractivity contribution < 1.29 is 9.72 Å². The zero-order valence-corrected chi connectivity index (χ0v) is 8.60. The molecule has 4 nitrogen and oxygen atoms in total. The number of hydrogen-bond acceptors (Lipinski definition) is 3. The lowest BCUT2D eigenvalue weighted by molar-refractivity contribution is -0.384. The highest BCUT2D eigenvalue weighted by atomic mass is 16.6. The Bertz CT molecular complexity index is 374. The van der Waals surface area contributed by atoms with Crippen LogP contribution < -0.4 is 0 Å². The standard InChI is InChI=1S/C11H13NO3/c1-9-5-6-11(12(14)15)8-10(9)4-2-3-7-13/h5-8H,2-4H2,1H3. The van der Waals surface area contributed by atoms with Gasteiger partial charge in [-0.3, -0.25) is 10.1 Å². The molecule has 0 fully saturated rings. The number of aryl methyl sites for hydroxylation is 2. The van der Waals surface area contributed by atoms with Crippen molar-refractivity contribution in [2.45, 2.75) is 26.2 Å². The number of rotatable bonds is 5. The van der Waals surface area contributed by atoms with Crippen LogP contribution in [0.5, 0.6) is 0 Å². The van der Waals surface area contributed by atoms with E-state index in [9.17, 15) is 14.9 Å². The number of nitro benzene ring substituents is 1. The molecular formula is C11H13NO3. The van der Waals surface area contributed by atoms with Gasteiger partial charge in [-0.15, -0.1) is 0 Å². The second-order valence-corrected chi connectivity index (χ2v) is 3.43. The number of carbonyl (C=O) groups is 1. The normalized spacial score (nSPS) is 9.93. The van der Waals surface area contributed by atoms with Gasteiger partial charge in [0.05, 0.1) is 4.92 Å². The molecule has 0 amide bonds. The SMILES string of the molecule is Cc1ccc([N+](=O)[O-])cc1CCCC=O. The molecule has 0 saturated heterocycles. The van der Waals surface area contributed by atoms with Crippen LogP contribution in [0.25, 0.3) is 0 Å². The van der Waals surface area contributed by atoms with Gasteiger partial charge in [0.25, 0.3) is 5.69 Å². The lowest BCUT2D eigenvalue weighted by Crippen LogP contribution is -1.94. The second-order valence-electron chi connectivity index (χ2n) is 3.43. The minimum absolute atomic E-state index is 0.113. The van der Waals surface area contributed by atoms with Crippen molar-refractivity contribution in [3.05, 3.63) is 39.4 Å². The highest BCUT2D eigenvalue weighted by Gasteiger charge is 2.07. The summed E-state index contributed by atoms with van der Waals surface area (Å²) in [6.45, 7) is 1.92. The van der Waals surface area contributed by atoms with Crippen molar-refractivity contribution in [1.29, 1.82) is 0 Å². The molecular weight excluding hydrogens is 194 g/mol. The van der Waals surface area contributed by atoms with Gasteiger partial charge in [0, 0.05) is 18.6 Å². The van der Waals surface area contributed by atoms with Crippen LogP contribution in [0.1, 0.15) is 24.0 Å². The van der Waals surface area contributed by atoms with Gasteiger partial charge >= 0.3 is 0 Å². The molecule has 15 heavy (non-hydrogen) atoms. The second kappa shape index (κ2) is 5.24. The van der Waals surface area contributed by atoms with Crippen LogP contribution in [0.15, 0.2) is 18.2 Å². The number of carbonyl (C=O) groups excluding carboxylic acids is 1. The van der Waals surface area contributed by atoms with Gasteiger partial charge in [-0.05, 0) is 30.9 Å². The van der Waals surface area contributed by atoms with Gasteiger partial charge in [0.2, 0.25) is 0 Å². The van der Waals surface area contributed by atoms with Gasteiger partial charge in [0.1, 0.15) is 6.29 Å². The van der Waals surface area contributed by atoms with Crippen molar-refractivity contribution in [1.82, 2.24) is 0 Å². The smallest absolute Gasteiger partial charge is 0.269 e. The third-order valence-electron chi connectivity index (χ3n) is 2.31. The van der Waals surface area contributed by atoms with Crippen LogP contribution in [0.4, 0.5) is 5.69 Å². The summed E-state index contributed by atoms with van der Waals surface area (Å²) in [5.41, 5.74) is 2.10. The van der Waals surface area contributed by atoms with Gasteiger partial charge < -0.3 is 4.79 Å². The summed E-state index contributed by atoms with van der Waals surface area (Å²) in [7, 11) is 0. The largest absolute Gasteiger partial charge is 0.303 e. The van der Waals surface area contributed by atoms with Gasteiger partial charge in [0.15, 0.2) is 0 Å². The molecule has 0 radical (unpaired) electrons. The van der Waals surface area contributed by atoms with Crippen LogP contribution in [-0.2, 0) is 11.2 Å². The van der Waals surface area contributed by atoms with E-state index in [4.69, 9.17) is 0 Å². The Kier molecular flexibility index (Phi) is 3.97. The number of unbranched alkanes of at least 4 members (excludes halogenated alkanes) is 1. The number of nitro groups is 1. The van der Waals surface area contributed by atoms with Crippen molar-refractivity contribution in [2.75, 3.05) is 0 Å². The first kappa shape index (κ1) is 11.4. The molecule has 0 aliphatic heterocycles. The molecule has 0 saturated carbocycles. The predicted molar refractivity (Wildman–Crippen MR) is 56.8 cm³/mol. The van der Waals surface area contributed by atoms with Crippen molar-refractivity contribution >= 4 is 12.0 Å². The van der Waals surface area contributed by atoms with E-state index < -0.39 is 4.92 Å². The molecule has 0 atom stereocenters. The molecule has 80 valence electrons. The fraction of sp³-hybridized carbons (Fsp3) is 0.364.